The first kappa shape index (κ1) is 47.2. The fourth-order valence-corrected chi connectivity index (χ4v) is 9.64. The van der Waals surface area contributed by atoms with E-state index in [1.165, 1.54) is 0 Å². The third-order valence-electron chi connectivity index (χ3n) is 6.80. The van der Waals surface area contributed by atoms with Crippen molar-refractivity contribution in [3.8, 4) is 0 Å². The minimum absolute atomic E-state index is 0.337. The van der Waals surface area contributed by atoms with Crippen molar-refractivity contribution in [1.29, 1.82) is 0 Å². The van der Waals surface area contributed by atoms with Gasteiger partial charge in [0.1, 0.15) is 37.4 Å². The van der Waals surface area contributed by atoms with Crippen molar-refractivity contribution < 1.29 is 90.1 Å². The first-order valence-electron chi connectivity index (χ1n) is 14.1. The molecule has 0 spiro atoms. The van der Waals surface area contributed by atoms with Gasteiger partial charge in [-0.3, -0.25) is 22.8 Å². The largest absolute Gasteiger partial charge is 0.397 e. The van der Waals surface area contributed by atoms with Crippen molar-refractivity contribution in [3.63, 3.8) is 0 Å². The number of anilines is 2. The SMILES string of the molecule is Cc1c(N)c(N=Nc2ccc(S(=O)(=O)CCOS(=O)(=O)O)cc2S(=O)(=O)O)c(N)c(N=Nc2ccc(S(=O)(=O)CCOS(=O)(=O)O)cc2S(=O)(=O)O)c1S(=O)(=O)O. The molecule has 3 rings (SSSR count). The number of nitrogens with zero attached hydrogens (tertiary/aromatic N) is 4. The number of nitrogens with two attached hydrogens (primary N) is 2. The molecule has 3 aromatic rings. The van der Waals surface area contributed by atoms with Crippen molar-refractivity contribution in [1.82, 2.24) is 0 Å². The summed E-state index contributed by atoms with van der Waals surface area (Å²) in [6, 6.07) is 3.42. The van der Waals surface area contributed by atoms with Crippen molar-refractivity contribution in [2.45, 2.75) is 31.4 Å². The van der Waals surface area contributed by atoms with Crippen LogP contribution in [0.2, 0.25) is 0 Å². The fourth-order valence-electron chi connectivity index (χ4n) is 4.28. The molecule has 0 radical (unpaired) electrons. The smallest absolute Gasteiger partial charge is 0.397 e. The van der Waals surface area contributed by atoms with E-state index >= 15 is 0 Å². The van der Waals surface area contributed by atoms with Crippen LogP contribution in [0.3, 0.4) is 0 Å². The second-order valence-electron chi connectivity index (χ2n) is 10.7. The number of azo groups is 2. The third kappa shape index (κ3) is 12.4. The summed E-state index contributed by atoms with van der Waals surface area (Å²) in [5.74, 6) is -2.26. The Morgan fingerprint density at radius 3 is 1.23 bits per heavy atom. The Morgan fingerprint density at radius 2 is 0.895 bits per heavy atom. The Kier molecular flexibility index (Phi) is 13.7. The predicted octanol–water partition coefficient (Wildman–Crippen LogP) is 0.917. The molecular formula is C23H26N6O21S7. The van der Waals surface area contributed by atoms with Gasteiger partial charge in [-0.05, 0) is 48.9 Å². The summed E-state index contributed by atoms with van der Waals surface area (Å²) < 4.78 is 222. The zero-order valence-electron chi connectivity index (χ0n) is 27.9. The van der Waals surface area contributed by atoms with E-state index in [4.69, 9.17) is 20.6 Å². The predicted molar refractivity (Wildman–Crippen MR) is 190 cm³/mol. The standard InChI is InChI=1S/C23H26N6O21S7/c1-12-19(24)21(28-26-15-4-2-13(10-17(15)53(34,35)36)51(30,31)8-6-49-56(43,44)45)20(25)22(23(12)55(40,41)42)29-27-16-5-3-14(11-18(16)54(37,38)39)52(32,33)9-7-50-57(46,47)48/h2-5,10-11H,6-9,24-25H2,1H3,(H,34,35,36)(H,37,38,39)(H,40,41,42)(H,43,44,45)(H,46,47,48). The minimum atomic E-state index is -5.40. The zero-order valence-corrected chi connectivity index (χ0v) is 33.6. The quantitative estimate of drug-likeness (QED) is 0.0562. The topological polar surface area (TPSA) is 460 Å². The van der Waals surface area contributed by atoms with Crippen molar-refractivity contribution in [2.24, 2.45) is 20.5 Å². The van der Waals surface area contributed by atoms with Gasteiger partial charge in [0.15, 0.2) is 19.7 Å². The number of nitrogen functional groups attached to an aromatic ring is 2. The lowest BCUT2D eigenvalue weighted by atomic mass is 10.1. The van der Waals surface area contributed by atoms with Crippen LogP contribution in [0.15, 0.2) is 81.3 Å². The van der Waals surface area contributed by atoms with E-state index in [0.717, 1.165) is 13.0 Å². The fraction of sp³-hybridized carbons (Fsp3) is 0.217. The zero-order chi connectivity index (χ0) is 43.7. The molecule has 57 heavy (non-hydrogen) atoms. The second kappa shape index (κ2) is 16.6. The third-order valence-corrected chi connectivity index (χ3v) is 13.9. The summed E-state index contributed by atoms with van der Waals surface area (Å²) in [7, 11) is -35.4. The average molecular weight is 947 g/mol. The maximum Gasteiger partial charge on any atom is 0.397 e. The van der Waals surface area contributed by atoms with Gasteiger partial charge in [-0.15, -0.1) is 20.5 Å². The van der Waals surface area contributed by atoms with Gasteiger partial charge in [-0.25, -0.2) is 25.2 Å². The molecule has 0 aliphatic carbocycles. The molecule has 0 heterocycles. The van der Waals surface area contributed by atoms with Crippen LogP contribution in [0.5, 0.6) is 0 Å². The van der Waals surface area contributed by atoms with Gasteiger partial charge in [0, 0.05) is 0 Å². The van der Waals surface area contributed by atoms with E-state index in [-0.39, 0.29) is 0 Å². The van der Waals surface area contributed by atoms with Crippen molar-refractivity contribution in [2.75, 3.05) is 36.2 Å². The van der Waals surface area contributed by atoms with Gasteiger partial charge in [0.25, 0.3) is 30.4 Å². The normalized spacial score (nSPS) is 13.8. The van der Waals surface area contributed by atoms with Crippen molar-refractivity contribution >= 4 is 105 Å². The highest BCUT2D eigenvalue weighted by Gasteiger charge is 2.29. The van der Waals surface area contributed by atoms with Gasteiger partial charge >= 0.3 is 20.8 Å². The monoisotopic (exact) mass is 946 g/mol. The number of sulfone groups is 2. The molecule has 0 aliphatic heterocycles. The number of benzene rings is 3. The average Bonchev–Trinajstić information content (AvgIpc) is 3.02. The van der Waals surface area contributed by atoms with Gasteiger partial charge in [0.2, 0.25) is 0 Å². The van der Waals surface area contributed by atoms with Crippen LogP contribution >= 0.6 is 0 Å². The molecule has 0 atom stereocenters. The van der Waals surface area contributed by atoms with Gasteiger partial charge in [-0.2, -0.15) is 42.1 Å². The maximum absolute atomic E-state index is 12.6. The molecule has 0 saturated heterocycles. The van der Waals surface area contributed by atoms with Gasteiger partial charge in [-0.1, -0.05) is 0 Å². The Labute approximate surface area is 323 Å². The van der Waals surface area contributed by atoms with Crippen LogP contribution in [0, 0.1) is 6.92 Å². The Morgan fingerprint density at radius 1 is 0.526 bits per heavy atom. The molecule has 0 unspecified atom stereocenters. The van der Waals surface area contributed by atoms with Crippen LogP contribution in [-0.4, -0.2) is 106 Å². The van der Waals surface area contributed by atoms with Crippen LogP contribution < -0.4 is 11.5 Å². The molecule has 27 nitrogen and oxygen atoms in total. The van der Waals surface area contributed by atoms with Gasteiger partial charge < -0.3 is 11.5 Å². The lowest BCUT2D eigenvalue weighted by molar-refractivity contribution is 0.282. The summed E-state index contributed by atoms with van der Waals surface area (Å²) in [4.78, 5) is -5.36. The molecule has 0 bridgehead atoms. The van der Waals surface area contributed by atoms with Crippen LogP contribution in [-0.2, 0) is 79.2 Å². The summed E-state index contributed by atoms with van der Waals surface area (Å²) in [5, 5.41) is 14.3. The van der Waals surface area contributed by atoms with E-state index in [0.29, 0.717) is 30.3 Å². The summed E-state index contributed by atoms with van der Waals surface area (Å²) in [6.45, 7) is -1.27. The minimum Gasteiger partial charge on any atom is -0.397 e. The molecule has 34 heteroatoms. The lowest BCUT2D eigenvalue weighted by Gasteiger charge is -2.14. The molecule has 0 fully saturated rings. The number of hydrogen-bond donors (Lipinski definition) is 7. The van der Waals surface area contributed by atoms with Crippen LogP contribution in [0.1, 0.15) is 5.56 Å². The molecule has 0 amide bonds. The number of rotatable bonds is 17. The second-order valence-corrected chi connectivity index (χ2v) is 21.2. The highest BCUT2D eigenvalue weighted by molar-refractivity contribution is 7.92. The molecule has 9 N–H and O–H groups in total. The van der Waals surface area contributed by atoms with E-state index in [9.17, 15) is 72.6 Å². The Bertz CT molecular complexity index is 2990. The Hall–Kier alpha value is -4.17. The Balaban J connectivity index is 2.21. The van der Waals surface area contributed by atoms with E-state index in [1.807, 2.05) is 0 Å². The summed E-state index contributed by atoms with van der Waals surface area (Å²) >= 11 is 0. The van der Waals surface area contributed by atoms with Crippen LogP contribution in [0.25, 0.3) is 0 Å². The maximum atomic E-state index is 12.6. The molecule has 3 aromatic carbocycles. The van der Waals surface area contributed by atoms with E-state index in [2.05, 4.69) is 28.8 Å². The molecular weight excluding hydrogens is 921 g/mol. The van der Waals surface area contributed by atoms with E-state index in [1.54, 1.807) is 0 Å². The lowest BCUT2D eigenvalue weighted by Crippen LogP contribution is -2.16. The summed E-state index contributed by atoms with van der Waals surface area (Å²) in [5.41, 5.74) is 6.29. The van der Waals surface area contributed by atoms with Gasteiger partial charge in [0.05, 0.1) is 45.9 Å². The molecule has 316 valence electrons. The first-order valence-corrected chi connectivity index (χ1v) is 24.5. The van der Waals surface area contributed by atoms with Crippen LogP contribution in [0.4, 0.5) is 34.1 Å². The highest BCUT2D eigenvalue weighted by Crippen LogP contribution is 2.47. The molecule has 0 aliphatic rings. The number of hydrogen-bond acceptors (Lipinski definition) is 22. The summed E-state index contributed by atoms with van der Waals surface area (Å²) in [6.07, 6.45) is 0. The first-order chi connectivity index (χ1) is 25.7. The molecule has 0 saturated carbocycles. The van der Waals surface area contributed by atoms with Crippen molar-refractivity contribution in [3.05, 3.63) is 42.0 Å². The highest BCUT2D eigenvalue weighted by atomic mass is 32.3. The molecule has 0 aromatic heterocycles. The van der Waals surface area contributed by atoms with E-state index < -0.39 is 160 Å².